The number of nitrogens with zero attached hydrogens (tertiary/aromatic N) is 1. The molecule has 0 atom stereocenters. The Kier molecular flexibility index (Phi) is 1.20. The van der Waals surface area contributed by atoms with Gasteiger partial charge in [0.2, 0.25) is 0 Å². The molecule has 0 saturated heterocycles. The van der Waals surface area contributed by atoms with E-state index in [1.165, 1.54) is 0 Å². The van der Waals surface area contributed by atoms with E-state index in [1.54, 1.807) is 0 Å². The second-order valence-corrected chi connectivity index (χ2v) is 1.22. The summed E-state index contributed by atoms with van der Waals surface area (Å²) in [4.78, 5) is 3.21. The normalized spacial score (nSPS) is 9.25. The average molecular weight is 114 g/mol. The quantitative estimate of drug-likeness (QED) is 0.493. The lowest BCUT2D eigenvalue weighted by Gasteiger charge is -1.83. The second kappa shape index (κ2) is 1.86. The molecule has 0 N–H and O–H groups in total. The smallest absolute Gasteiger partial charge is 0.186 e. The van der Waals surface area contributed by atoms with E-state index in [9.17, 15) is 8.78 Å². The third-order valence-corrected chi connectivity index (χ3v) is 0.668. The van der Waals surface area contributed by atoms with Gasteiger partial charge < -0.3 is 0 Å². The molecule has 0 spiro atoms. The molecule has 0 amide bonds. The molecule has 1 radical (unpaired) electrons. The molecule has 1 heterocycles. The van der Waals surface area contributed by atoms with Crippen LogP contribution in [0, 0.1) is 17.8 Å². The third kappa shape index (κ3) is 0.804. The summed E-state index contributed by atoms with van der Waals surface area (Å²) in [6, 6.07) is 0.936. The maximum absolute atomic E-state index is 11.9. The highest BCUT2D eigenvalue weighted by Crippen LogP contribution is 1.98. The number of pyridine rings is 1. The van der Waals surface area contributed by atoms with Gasteiger partial charge in [-0.25, -0.2) is 8.78 Å². The standard InChI is InChI=1S/C5H2F2N/c6-4-1-2-8-3-5(4)7/h1-2H. The Morgan fingerprint density at radius 3 is 2.62 bits per heavy atom. The average Bonchev–Trinajstić information content (AvgIpc) is 1.77. The molecular formula is C5H2F2N. The van der Waals surface area contributed by atoms with E-state index >= 15 is 0 Å². The molecule has 0 aliphatic heterocycles. The van der Waals surface area contributed by atoms with Crippen LogP contribution in [0.3, 0.4) is 0 Å². The molecule has 0 saturated carbocycles. The monoisotopic (exact) mass is 114 g/mol. The van der Waals surface area contributed by atoms with Gasteiger partial charge in [0.25, 0.3) is 0 Å². The number of rotatable bonds is 0. The summed E-state index contributed by atoms with van der Waals surface area (Å²) in [7, 11) is 0. The Labute approximate surface area is 45.0 Å². The SMILES string of the molecule is Fc1[c]nccc1F. The van der Waals surface area contributed by atoms with Crippen LogP contribution in [-0.4, -0.2) is 4.98 Å². The van der Waals surface area contributed by atoms with Crippen molar-refractivity contribution in [1.82, 2.24) is 4.98 Å². The molecule has 0 unspecified atom stereocenters. The van der Waals surface area contributed by atoms with Crippen LogP contribution in [0.1, 0.15) is 0 Å². The lowest BCUT2D eigenvalue weighted by Crippen LogP contribution is -1.82. The van der Waals surface area contributed by atoms with Gasteiger partial charge in [-0.2, -0.15) is 0 Å². The van der Waals surface area contributed by atoms with E-state index in [1.807, 2.05) is 6.20 Å². The minimum absolute atomic E-state index is 0.917. The Hall–Kier alpha value is -0.990. The van der Waals surface area contributed by atoms with Crippen molar-refractivity contribution >= 4 is 0 Å². The van der Waals surface area contributed by atoms with Crippen LogP contribution in [0.15, 0.2) is 12.3 Å². The zero-order valence-electron chi connectivity index (χ0n) is 3.86. The van der Waals surface area contributed by atoms with E-state index in [2.05, 4.69) is 4.98 Å². The summed E-state index contributed by atoms with van der Waals surface area (Å²) >= 11 is 0. The first kappa shape index (κ1) is 5.15. The van der Waals surface area contributed by atoms with Crippen molar-refractivity contribution in [1.29, 1.82) is 0 Å². The molecule has 0 fully saturated rings. The van der Waals surface area contributed by atoms with Crippen LogP contribution in [-0.2, 0) is 0 Å². The Bertz CT molecular complexity index is 167. The molecule has 1 rings (SSSR count). The third-order valence-electron chi connectivity index (χ3n) is 0.668. The van der Waals surface area contributed by atoms with Crippen molar-refractivity contribution in [3.63, 3.8) is 0 Å². The maximum atomic E-state index is 11.9. The Morgan fingerprint density at radius 2 is 2.25 bits per heavy atom. The molecule has 0 aromatic carbocycles. The molecule has 3 heteroatoms. The largest absolute Gasteiger partial charge is 0.251 e. The first-order valence-corrected chi connectivity index (χ1v) is 1.98. The van der Waals surface area contributed by atoms with E-state index in [4.69, 9.17) is 0 Å². The fourth-order valence-corrected chi connectivity index (χ4v) is 0.323. The van der Waals surface area contributed by atoms with Crippen molar-refractivity contribution in [2.75, 3.05) is 0 Å². The number of aromatic nitrogens is 1. The van der Waals surface area contributed by atoms with Gasteiger partial charge in [0, 0.05) is 6.20 Å². The van der Waals surface area contributed by atoms with Crippen molar-refractivity contribution in [3.05, 3.63) is 30.1 Å². The predicted molar refractivity (Wildman–Crippen MR) is 23.0 cm³/mol. The molecule has 8 heavy (non-hydrogen) atoms. The van der Waals surface area contributed by atoms with Gasteiger partial charge in [0.05, 0.1) is 0 Å². The van der Waals surface area contributed by atoms with Crippen LogP contribution < -0.4 is 0 Å². The maximum Gasteiger partial charge on any atom is 0.186 e. The van der Waals surface area contributed by atoms with Crippen molar-refractivity contribution in [2.45, 2.75) is 0 Å². The highest BCUT2D eigenvalue weighted by molar-refractivity contribution is 4.95. The highest BCUT2D eigenvalue weighted by atomic mass is 19.2. The van der Waals surface area contributed by atoms with Crippen LogP contribution in [0.2, 0.25) is 0 Å². The number of hydrogen-bond donors (Lipinski definition) is 0. The van der Waals surface area contributed by atoms with Crippen LogP contribution in [0.4, 0.5) is 8.78 Å². The molecule has 1 aromatic rings. The van der Waals surface area contributed by atoms with E-state index in [0.29, 0.717) is 0 Å². The van der Waals surface area contributed by atoms with Crippen molar-refractivity contribution in [3.8, 4) is 0 Å². The highest BCUT2D eigenvalue weighted by Gasteiger charge is 1.95. The summed E-state index contributed by atoms with van der Waals surface area (Å²) in [5.74, 6) is -1.95. The first-order chi connectivity index (χ1) is 3.80. The Morgan fingerprint density at radius 1 is 1.50 bits per heavy atom. The van der Waals surface area contributed by atoms with Gasteiger partial charge in [-0.05, 0) is 6.07 Å². The summed E-state index contributed by atoms with van der Waals surface area (Å²) in [5, 5.41) is 0. The fourth-order valence-electron chi connectivity index (χ4n) is 0.323. The molecule has 1 nitrogen and oxygen atoms in total. The zero-order chi connectivity index (χ0) is 5.98. The van der Waals surface area contributed by atoms with E-state index < -0.39 is 11.6 Å². The predicted octanol–water partition coefficient (Wildman–Crippen LogP) is 1.16. The lowest BCUT2D eigenvalue weighted by molar-refractivity contribution is 0.502. The molecular weight excluding hydrogens is 112 g/mol. The van der Waals surface area contributed by atoms with Gasteiger partial charge in [-0.1, -0.05) is 0 Å². The van der Waals surface area contributed by atoms with E-state index in [-0.39, 0.29) is 0 Å². The molecule has 1 aromatic heterocycles. The van der Waals surface area contributed by atoms with Gasteiger partial charge in [0.15, 0.2) is 11.6 Å². The minimum Gasteiger partial charge on any atom is -0.251 e. The van der Waals surface area contributed by atoms with Crippen LogP contribution in [0.5, 0.6) is 0 Å². The zero-order valence-corrected chi connectivity index (χ0v) is 3.86. The molecule has 0 aliphatic carbocycles. The molecule has 0 bridgehead atoms. The van der Waals surface area contributed by atoms with Crippen LogP contribution >= 0.6 is 0 Å². The van der Waals surface area contributed by atoms with Gasteiger partial charge in [-0.15, -0.1) is 0 Å². The van der Waals surface area contributed by atoms with Gasteiger partial charge >= 0.3 is 0 Å². The Balaban J connectivity index is 3.13. The molecule has 41 valence electrons. The number of halogens is 2. The van der Waals surface area contributed by atoms with Crippen LogP contribution in [0.25, 0.3) is 0 Å². The van der Waals surface area contributed by atoms with Crippen molar-refractivity contribution < 1.29 is 8.78 Å². The number of hydrogen-bond acceptors (Lipinski definition) is 1. The van der Waals surface area contributed by atoms with Gasteiger partial charge in [0.1, 0.15) is 6.20 Å². The minimum atomic E-state index is -1.03. The summed E-state index contributed by atoms with van der Waals surface area (Å²) in [6.07, 6.45) is 2.95. The second-order valence-electron chi connectivity index (χ2n) is 1.22. The first-order valence-electron chi connectivity index (χ1n) is 1.98. The van der Waals surface area contributed by atoms with Crippen molar-refractivity contribution in [2.24, 2.45) is 0 Å². The fraction of sp³-hybridized carbons (Fsp3) is 0. The summed E-state index contributed by atoms with van der Waals surface area (Å²) in [5.41, 5.74) is 0. The lowest BCUT2D eigenvalue weighted by atomic mass is 10.5. The van der Waals surface area contributed by atoms with E-state index in [0.717, 1.165) is 12.3 Å². The summed E-state index contributed by atoms with van der Waals surface area (Å²) in [6.45, 7) is 0. The molecule has 0 aliphatic rings. The topological polar surface area (TPSA) is 12.9 Å². The summed E-state index contributed by atoms with van der Waals surface area (Å²) < 4.78 is 23.7. The van der Waals surface area contributed by atoms with Gasteiger partial charge in [-0.3, -0.25) is 4.98 Å².